The molecule has 1 aliphatic rings. The molecular formula is C12H16Cl2N2O4. The molecule has 0 saturated heterocycles. The van der Waals surface area contributed by atoms with Gasteiger partial charge < -0.3 is 25.6 Å². The minimum Gasteiger partial charge on any atom is -0.477 e. The third-order valence-electron chi connectivity index (χ3n) is 2.85. The Morgan fingerprint density at radius 2 is 2.20 bits per heavy atom. The van der Waals surface area contributed by atoms with Crippen LogP contribution in [0.15, 0.2) is 12.1 Å². The lowest BCUT2D eigenvalue weighted by Gasteiger charge is -2.34. The van der Waals surface area contributed by atoms with Crippen LogP contribution >= 0.6 is 24.0 Å². The van der Waals surface area contributed by atoms with Gasteiger partial charge in [-0.2, -0.15) is 0 Å². The Morgan fingerprint density at radius 1 is 1.55 bits per heavy atom. The van der Waals surface area contributed by atoms with Crippen molar-refractivity contribution in [2.45, 2.75) is 19.1 Å². The molecule has 1 amide bonds. The number of rotatable bonds is 3. The van der Waals surface area contributed by atoms with Gasteiger partial charge in [-0.15, -0.1) is 12.4 Å². The maximum Gasteiger partial charge on any atom is 0.267 e. The second kappa shape index (κ2) is 6.49. The summed E-state index contributed by atoms with van der Waals surface area (Å²) in [5, 5.41) is 18.7. The van der Waals surface area contributed by atoms with Crippen LogP contribution in [0.3, 0.4) is 0 Å². The Kier molecular flexibility index (Phi) is 5.47. The number of hydrogen-bond acceptors (Lipinski definition) is 5. The first kappa shape index (κ1) is 16.8. The van der Waals surface area contributed by atoms with E-state index in [1.807, 2.05) is 0 Å². The summed E-state index contributed by atoms with van der Waals surface area (Å²) in [5.74, 6) is 0.0368. The van der Waals surface area contributed by atoms with Gasteiger partial charge in [-0.3, -0.25) is 4.79 Å². The number of ether oxygens (including phenoxy) is 1. The number of anilines is 2. The number of nitrogens with zero attached hydrogens (tertiary/aromatic N) is 1. The summed E-state index contributed by atoms with van der Waals surface area (Å²) in [7, 11) is 0. The number of halogens is 2. The molecule has 0 fully saturated rings. The van der Waals surface area contributed by atoms with Crippen LogP contribution < -0.4 is 15.4 Å². The monoisotopic (exact) mass is 322 g/mol. The first-order valence-corrected chi connectivity index (χ1v) is 6.17. The van der Waals surface area contributed by atoms with E-state index in [0.29, 0.717) is 22.1 Å². The highest BCUT2D eigenvalue weighted by atomic mass is 35.5. The highest BCUT2D eigenvalue weighted by Gasteiger charge is 2.34. The summed E-state index contributed by atoms with van der Waals surface area (Å²) in [5.41, 5.74) is 6.49. The molecule has 2 unspecified atom stereocenters. The summed E-state index contributed by atoms with van der Waals surface area (Å²) in [6.45, 7) is 1.11. The van der Waals surface area contributed by atoms with E-state index >= 15 is 0 Å². The van der Waals surface area contributed by atoms with Crippen LogP contribution in [0, 0.1) is 0 Å². The SMILES string of the molecule is CC1Oc2c(Cl)cc(N)cc2N(CC(O)CO)C1=O.Cl. The van der Waals surface area contributed by atoms with Crippen LogP contribution in [0.4, 0.5) is 11.4 Å². The van der Waals surface area contributed by atoms with E-state index in [1.165, 1.54) is 11.0 Å². The third kappa shape index (κ3) is 3.09. The highest BCUT2D eigenvalue weighted by molar-refractivity contribution is 6.33. The zero-order chi connectivity index (χ0) is 14.2. The fourth-order valence-corrected chi connectivity index (χ4v) is 2.21. The van der Waals surface area contributed by atoms with E-state index < -0.39 is 18.8 Å². The Labute approximate surface area is 127 Å². The molecule has 2 rings (SSSR count). The summed E-state index contributed by atoms with van der Waals surface area (Å²) < 4.78 is 5.45. The molecular weight excluding hydrogens is 307 g/mol. The molecule has 0 saturated carbocycles. The Bertz CT molecular complexity index is 512. The second-order valence-corrected chi connectivity index (χ2v) is 4.80. The number of aliphatic hydroxyl groups is 2. The number of benzene rings is 1. The van der Waals surface area contributed by atoms with Gasteiger partial charge in [0.2, 0.25) is 0 Å². The van der Waals surface area contributed by atoms with Crippen molar-refractivity contribution >= 4 is 41.3 Å². The van der Waals surface area contributed by atoms with Crippen molar-refractivity contribution in [1.29, 1.82) is 0 Å². The molecule has 0 radical (unpaired) electrons. The number of hydrogen-bond donors (Lipinski definition) is 3. The third-order valence-corrected chi connectivity index (χ3v) is 3.13. The number of amides is 1. The average molecular weight is 323 g/mol. The molecule has 1 aromatic carbocycles. The molecule has 4 N–H and O–H groups in total. The maximum atomic E-state index is 12.1. The van der Waals surface area contributed by atoms with Gasteiger partial charge >= 0.3 is 0 Å². The van der Waals surface area contributed by atoms with Gasteiger partial charge in [-0.25, -0.2) is 0 Å². The van der Waals surface area contributed by atoms with Crippen LogP contribution in [0.5, 0.6) is 5.75 Å². The molecule has 0 aromatic heterocycles. The first-order chi connectivity index (χ1) is 8.93. The zero-order valence-corrected chi connectivity index (χ0v) is 12.3. The normalized spacial score (nSPS) is 18.9. The fourth-order valence-electron chi connectivity index (χ4n) is 1.94. The summed E-state index contributed by atoms with van der Waals surface area (Å²) in [6.07, 6.45) is -1.75. The van der Waals surface area contributed by atoms with Gasteiger partial charge in [0, 0.05) is 5.69 Å². The van der Waals surface area contributed by atoms with Crippen LogP contribution in [0.2, 0.25) is 5.02 Å². The Morgan fingerprint density at radius 3 is 2.80 bits per heavy atom. The standard InChI is InChI=1S/C12H15ClN2O4.ClH/c1-6-12(18)15(4-8(17)5-16)10-3-7(14)2-9(13)11(10)19-6;/h2-3,6,8,16-17H,4-5,14H2,1H3;1H. The highest BCUT2D eigenvalue weighted by Crippen LogP contribution is 2.41. The van der Waals surface area contributed by atoms with Gasteiger partial charge in [0.1, 0.15) is 0 Å². The van der Waals surface area contributed by atoms with Gasteiger partial charge in [0.05, 0.1) is 30.0 Å². The largest absolute Gasteiger partial charge is 0.477 e. The number of nitrogen functional groups attached to an aromatic ring is 1. The molecule has 1 heterocycles. The van der Waals surface area contributed by atoms with Crippen molar-refractivity contribution in [2.75, 3.05) is 23.8 Å². The number of aliphatic hydroxyl groups excluding tert-OH is 2. The van der Waals surface area contributed by atoms with Crippen molar-refractivity contribution in [3.8, 4) is 5.75 Å². The van der Waals surface area contributed by atoms with Crippen LogP contribution in [-0.4, -0.2) is 41.5 Å². The molecule has 0 spiro atoms. The first-order valence-electron chi connectivity index (χ1n) is 5.80. The van der Waals surface area contributed by atoms with Crippen LogP contribution in [0.1, 0.15) is 6.92 Å². The fraction of sp³-hybridized carbons (Fsp3) is 0.417. The number of nitrogens with two attached hydrogens (primary N) is 1. The molecule has 112 valence electrons. The van der Waals surface area contributed by atoms with E-state index in [2.05, 4.69) is 0 Å². The molecule has 20 heavy (non-hydrogen) atoms. The van der Waals surface area contributed by atoms with E-state index in [4.69, 9.17) is 27.2 Å². The van der Waals surface area contributed by atoms with E-state index in [9.17, 15) is 9.90 Å². The maximum absolute atomic E-state index is 12.1. The summed E-state index contributed by atoms with van der Waals surface area (Å²) in [4.78, 5) is 13.4. The zero-order valence-electron chi connectivity index (χ0n) is 10.7. The lowest BCUT2D eigenvalue weighted by molar-refractivity contribution is -0.126. The van der Waals surface area contributed by atoms with E-state index in [-0.39, 0.29) is 24.9 Å². The van der Waals surface area contributed by atoms with E-state index in [1.54, 1.807) is 13.0 Å². The molecule has 1 aromatic rings. The molecule has 0 aliphatic carbocycles. The van der Waals surface area contributed by atoms with Gasteiger partial charge in [-0.1, -0.05) is 11.6 Å². The topological polar surface area (TPSA) is 96.0 Å². The van der Waals surface area contributed by atoms with E-state index in [0.717, 1.165) is 0 Å². The molecule has 1 aliphatic heterocycles. The molecule has 8 heteroatoms. The van der Waals surface area contributed by atoms with Crippen LogP contribution in [0.25, 0.3) is 0 Å². The smallest absolute Gasteiger partial charge is 0.267 e. The predicted molar refractivity (Wildman–Crippen MR) is 78.6 cm³/mol. The van der Waals surface area contributed by atoms with Crippen LogP contribution in [-0.2, 0) is 4.79 Å². The number of carbonyl (C=O) groups is 1. The lowest BCUT2D eigenvalue weighted by atomic mass is 10.1. The lowest BCUT2D eigenvalue weighted by Crippen LogP contribution is -2.48. The second-order valence-electron chi connectivity index (χ2n) is 4.40. The number of β-amino-alcohol motifs (C(OH)–C–C–N with tert-alkyl or cyclic N) is 1. The number of carbonyl (C=O) groups excluding carboxylic acids is 1. The van der Waals surface area contributed by atoms with Gasteiger partial charge in [0.25, 0.3) is 5.91 Å². The molecule has 2 atom stereocenters. The quantitative estimate of drug-likeness (QED) is 0.716. The van der Waals surface area contributed by atoms with Crippen molar-refractivity contribution in [3.05, 3.63) is 17.2 Å². The van der Waals surface area contributed by atoms with Crippen molar-refractivity contribution in [1.82, 2.24) is 0 Å². The number of fused-ring (bicyclic) bond motifs is 1. The van der Waals surface area contributed by atoms with Gasteiger partial charge in [-0.05, 0) is 19.1 Å². The molecule has 0 bridgehead atoms. The Hall–Kier alpha value is -1.21. The van der Waals surface area contributed by atoms with Crippen molar-refractivity contribution in [3.63, 3.8) is 0 Å². The summed E-state index contributed by atoms with van der Waals surface area (Å²) >= 11 is 6.04. The predicted octanol–water partition coefficient (Wildman–Crippen LogP) is 0.811. The minimum atomic E-state index is -1.04. The van der Waals surface area contributed by atoms with Crippen molar-refractivity contribution < 1.29 is 19.7 Å². The minimum absolute atomic E-state index is 0. The average Bonchev–Trinajstić information content (AvgIpc) is 2.36. The summed E-state index contributed by atoms with van der Waals surface area (Å²) in [6, 6.07) is 3.08. The van der Waals surface area contributed by atoms with Crippen molar-refractivity contribution in [2.24, 2.45) is 0 Å². The Balaban J connectivity index is 0.00000200. The molecule has 6 nitrogen and oxygen atoms in total. The van der Waals surface area contributed by atoms with Gasteiger partial charge in [0.15, 0.2) is 11.9 Å².